The first-order valence-electron chi connectivity index (χ1n) is 15.2. The molecule has 1 aliphatic heterocycles. The highest BCUT2D eigenvalue weighted by Crippen LogP contribution is 2.40. The third kappa shape index (κ3) is 7.98. The van der Waals surface area contributed by atoms with Crippen molar-refractivity contribution >= 4 is 5.97 Å². The van der Waals surface area contributed by atoms with Gasteiger partial charge in [0.2, 0.25) is 0 Å². The van der Waals surface area contributed by atoms with Gasteiger partial charge in [0.05, 0.1) is 0 Å². The number of ether oxygens (including phenoxy) is 6. The number of halogens is 1. The summed E-state index contributed by atoms with van der Waals surface area (Å²) in [5.41, 5.74) is 0.436. The van der Waals surface area contributed by atoms with Gasteiger partial charge >= 0.3 is 5.97 Å². The van der Waals surface area contributed by atoms with Crippen LogP contribution in [-0.2, 0) is 9.53 Å². The standard InChI is InChI=1S/C39H33FO7/c1-2-35(41)46-33-24-23-27(25-32(33)40)36-38(44-30-19-11-5-12-20-30)39(45-31-21-13-6-14-22-31)37(43-29-17-9-4-10-18-29)34(47-36)26-42-28-15-7-3-8-16-28/h2-25,34,36-39H,1,26H2/t34-,36-,37-,38-,39+/m1/s1. The van der Waals surface area contributed by atoms with Crippen LogP contribution in [0.3, 0.4) is 0 Å². The average Bonchev–Trinajstić information content (AvgIpc) is 3.11. The predicted octanol–water partition coefficient (Wildman–Crippen LogP) is 7.78. The highest BCUT2D eigenvalue weighted by Gasteiger charge is 2.51. The summed E-state index contributed by atoms with van der Waals surface area (Å²) in [6, 6.07) is 41.6. The number of benzene rings is 5. The zero-order valence-electron chi connectivity index (χ0n) is 25.4. The van der Waals surface area contributed by atoms with Crippen LogP contribution in [0.4, 0.5) is 4.39 Å². The summed E-state index contributed by atoms with van der Waals surface area (Å²) in [7, 11) is 0. The van der Waals surface area contributed by atoms with Gasteiger partial charge in [-0.3, -0.25) is 0 Å². The molecule has 5 aromatic carbocycles. The van der Waals surface area contributed by atoms with Gasteiger partial charge in [-0.25, -0.2) is 9.18 Å². The molecule has 0 N–H and O–H groups in total. The minimum Gasteiger partial charge on any atom is -0.491 e. The lowest BCUT2D eigenvalue weighted by Gasteiger charge is -2.46. The van der Waals surface area contributed by atoms with E-state index >= 15 is 4.39 Å². The molecule has 0 saturated carbocycles. The minimum absolute atomic E-state index is 0.0855. The third-order valence-corrected chi connectivity index (χ3v) is 7.50. The smallest absolute Gasteiger partial charge is 0.335 e. The minimum atomic E-state index is -0.873. The van der Waals surface area contributed by atoms with Crippen LogP contribution in [0, 0.1) is 5.82 Å². The molecule has 47 heavy (non-hydrogen) atoms. The third-order valence-electron chi connectivity index (χ3n) is 7.50. The molecule has 0 radical (unpaired) electrons. The maximum atomic E-state index is 15.4. The monoisotopic (exact) mass is 632 g/mol. The molecule has 0 spiro atoms. The molecular weight excluding hydrogens is 599 g/mol. The SMILES string of the molecule is C=CC(=O)Oc1ccc([C@H]2O[C@H](COc3ccccc3)[C@@H](Oc3ccccc3)[C@H](Oc3ccccc3)[C@@H]2Oc2ccccc2)cc1F. The lowest BCUT2D eigenvalue weighted by molar-refractivity contribution is -0.210. The molecule has 1 saturated heterocycles. The first-order chi connectivity index (χ1) is 23.1. The van der Waals surface area contributed by atoms with Crippen LogP contribution in [0.15, 0.2) is 152 Å². The Kier molecular flexibility index (Phi) is 10.1. The normalized spacial score (nSPS) is 20.4. The Labute approximate surface area is 272 Å². The summed E-state index contributed by atoms with van der Waals surface area (Å²) in [6.07, 6.45) is -3.00. The summed E-state index contributed by atoms with van der Waals surface area (Å²) in [6.45, 7) is 3.47. The fraction of sp³-hybridized carbons (Fsp3) is 0.154. The molecule has 0 amide bonds. The number of hydrogen-bond donors (Lipinski definition) is 0. The van der Waals surface area contributed by atoms with E-state index in [0.717, 1.165) is 6.08 Å². The van der Waals surface area contributed by atoms with Gasteiger partial charge in [0, 0.05) is 6.08 Å². The zero-order valence-corrected chi connectivity index (χ0v) is 25.4. The summed E-state index contributed by atoms with van der Waals surface area (Å²) in [5, 5.41) is 0. The zero-order chi connectivity index (χ0) is 32.4. The molecule has 1 aliphatic rings. The lowest BCUT2D eigenvalue weighted by Crippen LogP contribution is -2.62. The Hall–Kier alpha value is -5.60. The predicted molar refractivity (Wildman–Crippen MR) is 174 cm³/mol. The summed E-state index contributed by atoms with van der Waals surface area (Å²) in [4.78, 5) is 11.8. The van der Waals surface area contributed by atoms with Crippen molar-refractivity contribution in [2.24, 2.45) is 0 Å². The fourth-order valence-electron chi connectivity index (χ4n) is 5.31. The van der Waals surface area contributed by atoms with Crippen molar-refractivity contribution in [3.05, 3.63) is 164 Å². The number of esters is 1. The van der Waals surface area contributed by atoms with Crippen molar-refractivity contribution < 1.29 is 37.6 Å². The first kappa shape index (κ1) is 31.4. The molecule has 6 rings (SSSR count). The Morgan fingerprint density at radius 2 is 1.15 bits per heavy atom. The van der Waals surface area contributed by atoms with E-state index in [1.54, 1.807) is 6.07 Å². The molecule has 0 aromatic heterocycles. The molecule has 5 atom stereocenters. The van der Waals surface area contributed by atoms with E-state index in [0.29, 0.717) is 28.6 Å². The van der Waals surface area contributed by atoms with E-state index in [-0.39, 0.29) is 12.4 Å². The second kappa shape index (κ2) is 15.1. The van der Waals surface area contributed by atoms with E-state index in [2.05, 4.69) is 6.58 Å². The largest absolute Gasteiger partial charge is 0.491 e. The number of hydrogen-bond acceptors (Lipinski definition) is 7. The molecule has 8 heteroatoms. The van der Waals surface area contributed by atoms with E-state index in [9.17, 15) is 4.79 Å². The lowest BCUT2D eigenvalue weighted by atomic mass is 9.90. The molecule has 238 valence electrons. The number of para-hydroxylation sites is 4. The fourth-order valence-corrected chi connectivity index (χ4v) is 5.31. The molecule has 1 fully saturated rings. The number of carbonyl (C=O) groups excluding carboxylic acids is 1. The summed E-state index contributed by atoms with van der Waals surface area (Å²) < 4.78 is 53.5. The van der Waals surface area contributed by atoms with Gasteiger partial charge in [0.15, 0.2) is 29.9 Å². The molecule has 0 bridgehead atoms. The van der Waals surface area contributed by atoms with Gasteiger partial charge in [-0.15, -0.1) is 0 Å². The van der Waals surface area contributed by atoms with Crippen LogP contribution in [0.25, 0.3) is 0 Å². The summed E-state index contributed by atoms with van der Waals surface area (Å²) >= 11 is 0. The second-order valence-corrected chi connectivity index (χ2v) is 10.7. The quantitative estimate of drug-likeness (QED) is 0.0790. The molecule has 0 unspecified atom stereocenters. The highest BCUT2D eigenvalue weighted by atomic mass is 19.1. The van der Waals surface area contributed by atoms with E-state index in [4.69, 9.17) is 28.4 Å². The Balaban J connectivity index is 1.44. The summed E-state index contributed by atoms with van der Waals surface area (Å²) in [5.74, 6) is 0.634. The number of rotatable bonds is 12. The van der Waals surface area contributed by atoms with Gasteiger partial charge in [0.25, 0.3) is 0 Å². The van der Waals surface area contributed by atoms with Gasteiger partial charge in [-0.05, 0) is 66.2 Å². The van der Waals surface area contributed by atoms with Crippen LogP contribution < -0.4 is 23.7 Å². The molecular formula is C39H33FO7. The topological polar surface area (TPSA) is 72.5 Å². The van der Waals surface area contributed by atoms with E-state index < -0.39 is 42.3 Å². The van der Waals surface area contributed by atoms with E-state index in [1.165, 1.54) is 12.1 Å². The second-order valence-electron chi connectivity index (χ2n) is 10.7. The molecule has 0 aliphatic carbocycles. The van der Waals surface area contributed by atoms with Crippen molar-refractivity contribution in [2.45, 2.75) is 30.5 Å². The van der Waals surface area contributed by atoms with Crippen molar-refractivity contribution in [1.29, 1.82) is 0 Å². The van der Waals surface area contributed by atoms with Gasteiger partial charge in [-0.1, -0.05) is 85.4 Å². The molecule has 7 nitrogen and oxygen atoms in total. The van der Waals surface area contributed by atoms with Crippen molar-refractivity contribution in [3.63, 3.8) is 0 Å². The first-order valence-corrected chi connectivity index (χ1v) is 15.2. The highest BCUT2D eigenvalue weighted by molar-refractivity contribution is 5.83. The Morgan fingerprint density at radius 1 is 0.660 bits per heavy atom. The maximum absolute atomic E-state index is 15.4. The van der Waals surface area contributed by atoms with E-state index in [1.807, 2.05) is 121 Å². The van der Waals surface area contributed by atoms with Crippen LogP contribution in [0.5, 0.6) is 28.7 Å². The van der Waals surface area contributed by atoms with Gasteiger partial charge in [-0.2, -0.15) is 0 Å². The van der Waals surface area contributed by atoms with Crippen molar-refractivity contribution in [1.82, 2.24) is 0 Å². The van der Waals surface area contributed by atoms with Crippen molar-refractivity contribution in [3.8, 4) is 28.7 Å². The Morgan fingerprint density at radius 3 is 1.66 bits per heavy atom. The Bertz CT molecular complexity index is 1740. The van der Waals surface area contributed by atoms with Crippen LogP contribution >= 0.6 is 0 Å². The van der Waals surface area contributed by atoms with Gasteiger partial charge in [0.1, 0.15) is 41.8 Å². The molecule has 5 aromatic rings. The van der Waals surface area contributed by atoms with Crippen LogP contribution in [-0.4, -0.2) is 37.0 Å². The van der Waals surface area contributed by atoms with Crippen LogP contribution in [0.2, 0.25) is 0 Å². The van der Waals surface area contributed by atoms with Crippen molar-refractivity contribution in [2.75, 3.05) is 6.61 Å². The van der Waals surface area contributed by atoms with Crippen LogP contribution in [0.1, 0.15) is 11.7 Å². The van der Waals surface area contributed by atoms with Gasteiger partial charge < -0.3 is 28.4 Å². The molecule has 1 heterocycles. The average molecular weight is 633 g/mol. The maximum Gasteiger partial charge on any atom is 0.335 e. The number of carbonyl (C=O) groups is 1.